The van der Waals surface area contributed by atoms with Gasteiger partial charge in [-0.2, -0.15) is 0 Å². The van der Waals surface area contributed by atoms with E-state index in [-0.39, 0.29) is 12.5 Å². The van der Waals surface area contributed by atoms with Crippen molar-refractivity contribution in [2.24, 2.45) is 0 Å². The summed E-state index contributed by atoms with van der Waals surface area (Å²) in [5.74, 6) is 2.04. The van der Waals surface area contributed by atoms with Gasteiger partial charge in [-0.05, 0) is 12.5 Å². The molecule has 1 rings (SSSR count). The Morgan fingerprint density at radius 2 is 2.46 bits per heavy atom. The maximum atomic E-state index is 11.3. The highest BCUT2D eigenvalue weighted by atomic mass is 16.6. The summed E-state index contributed by atoms with van der Waals surface area (Å²) in [5, 5.41) is 3.05. The van der Waals surface area contributed by atoms with Crippen molar-refractivity contribution in [1.29, 1.82) is 0 Å². The van der Waals surface area contributed by atoms with Crippen LogP contribution in [0.2, 0.25) is 0 Å². The molecule has 0 bridgehead atoms. The van der Waals surface area contributed by atoms with Gasteiger partial charge in [0.15, 0.2) is 0 Å². The van der Waals surface area contributed by atoms with Crippen molar-refractivity contribution in [3.63, 3.8) is 0 Å². The lowest BCUT2D eigenvalue weighted by Gasteiger charge is -2.21. The van der Waals surface area contributed by atoms with Crippen molar-refractivity contribution in [2.75, 3.05) is 19.7 Å². The molecule has 0 aromatic carbocycles. The Kier molecular flexibility index (Phi) is 3.50. The fourth-order valence-electron chi connectivity index (χ4n) is 0.896. The number of terminal acetylenes is 1. The minimum atomic E-state index is -0.216. The molecule has 0 aliphatic carbocycles. The minimum Gasteiger partial charge on any atom is -0.309 e. The Labute approximate surface area is 77.3 Å². The first-order chi connectivity index (χ1) is 6.25. The van der Waals surface area contributed by atoms with Gasteiger partial charge in [-0.1, -0.05) is 5.92 Å². The number of hydrogen-bond donors (Lipinski definition) is 2. The molecule has 0 unspecified atom stereocenters. The normalized spacial score (nSPS) is 14.3. The molecular weight excluding hydrogens is 168 g/mol. The van der Waals surface area contributed by atoms with Crippen LogP contribution in [0.4, 0.5) is 0 Å². The zero-order chi connectivity index (χ0) is 9.68. The molecule has 4 heteroatoms. The number of hydroxylamine groups is 1. The number of rotatable bonds is 3. The van der Waals surface area contributed by atoms with Crippen LogP contribution in [0.1, 0.15) is 6.92 Å². The number of hydrogen-bond acceptors (Lipinski definition) is 3. The second-order valence-electron chi connectivity index (χ2n) is 2.76. The van der Waals surface area contributed by atoms with Crippen molar-refractivity contribution < 1.29 is 9.63 Å². The van der Waals surface area contributed by atoms with Crippen molar-refractivity contribution in [3.05, 3.63) is 11.1 Å². The van der Waals surface area contributed by atoms with Gasteiger partial charge >= 0.3 is 0 Å². The Morgan fingerprint density at radius 1 is 1.77 bits per heavy atom. The van der Waals surface area contributed by atoms with Crippen molar-refractivity contribution in [3.8, 4) is 12.3 Å². The summed E-state index contributed by atoms with van der Waals surface area (Å²) in [5.41, 5.74) is 4.08. The lowest BCUT2D eigenvalue weighted by molar-refractivity contribution is -0.128. The lowest BCUT2D eigenvalue weighted by Crippen LogP contribution is -2.37. The van der Waals surface area contributed by atoms with Gasteiger partial charge in [-0.25, -0.2) is 5.48 Å². The van der Waals surface area contributed by atoms with E-state index in [1.165, 1.54) is 0 Å². The van der Waals surface area contributed by atoms with Gasteiger partial charge in [0.2, 0.25) is 0 Å². The van der Waals surface area contributed by atoms with Gasteiger partial charge < -0.3 is 5.32 Å². The molecule has 0 radical (unpaired) electrons. The molecule has 0 atom stereocenters. The predicted octanol–water partition coefficient (Wildman–Crippen LogP) is -0.413. The third kappa shape index (κ3) is 2.58. The first-order valence-electron chi connectivity index (χ1n) is 4.00. The Hall–Kier alpha value is -1.31. The van der Waals surface area contributed by atoms with E-state index in [0.717, 1.165) is 18.7 Å². The molecule has 0 spiro atoms. The highest BCUT2D eigenvalue weighted by Crippen LogP contribution is 2.08. The molecule has 0 aromatic heterocycles. The van der Waals surface area contributed by atoms with E-state index in [9.17, 15) is 4.79 Å². The minimum absolute atomic E-state index is 0.0899. The number of amides is 1. The first-order valence-corrected chi connectivity index (χ1v) is 4.00. The fourth-order valence-corrected chi connectivity index (χ4v) is 0.896. The fraction of sp³-hybridized carbons (Fsp3) is 0.444. The van der Waals surface area contributed by atoms with Crippen LogP contribution >= 0.6 is 0 Å². The topological polar surface area (TPSA) is 50.4 Å². The molecular formula is C9H12N2O2. The van der Waals surface area contributed by atoms with Gasteiger partial charge in [-0.3, -0.25) is 9.63 Å². The van der Waals surface area contributed by atoms with E-state index in [2.05, 4.69) is 16.7 Å². The zero-order valence-electron chi connectivity index (χ0n) is 7.52. The summed E-state index contributed by atoms with van der Waals surface area (Å²) < 4.78 is 0. The smallest absolute Gasteiger partial charge is 0.270 e. The van der Waals surface area contributed by atoms with Gasteiger partial charge in [0.25, 0.3) is 5.91 Å². The molecule has 70 valence electrons. The summed E-state index contributed by atoms with van der Waals surface area (Å²) in [6.07, 6.45) is 4.94. The summed E-state index contributed by atoms with van der Waals surface area (Å²) in [6, 6.07) is 0. The molecule has 1 aliphatic rings. The highest BCUT2D eigenvalue weighted by molar-refractivity contribution is 5.93. The third-order valence-corrected chi connectivity index (χ3v) is 1.87. The molecule has 0 aromatic rings. The molecule has 0 saturated carbocycles. The summed E-state index contributed by atoms with van der Waals surface area (Å²) >= 11 is 0. The molecule has 1 heterocycles. The molecule has 1 fully saturated rings. The van der Waals surface area contributed by atoms with Crippen LogP contribution in [0, 0.1) is 12.3 Å². The first kappa shape index (κ1) is 9.78. The van der Waals surface area contributed by atoms with Gasteiger partial charge in [0.05, 0.1) is 0 Å². The third-order valence-electron chi connectivity index (χ3n) is 1.87. The summed E-state index contributed by atoms with van der Waals surface area (Å²) in [6.45, 7) is 3.43. The number of carbonyl (C=O) groups excluding carboxylic acids is 1. The highest BCUT2D eigenvalue weighted by Gasteiger charge is 2.15. The number of nitrogens with one attached hydrogen (secondary N) is 2. The maximum Gasteiger partial charge on any atom is 0.270 e. The van der Waals surface area contributed by atoms with E-state index in [0.29, 0.717) is 5.57 Å². The quantitative estimate of drug-likeness (QED) is 0.268. The van der Waals surface area contributed by atoms with Crippen molar-refractivity contribution in [1.82, 2.24) is 10.8 Å². The average Bonchev–Trinajstić information content (AvgIpc) is 2.01. The van der Waals surface area contributed by atoms with Crippen molar-refractivity contribution >= 4 is 5.91 Å². The standard InChI is InChI=1S/C9H12N2O2/c1-3-4-13-11-9(12)7(2)8-5-10-6-8/h1,10H,4-6H2,2H3,(H,11,12). The van der Waals surface area contributed by atoms with Gasteiger partial charge in [0, 0.05) is 18.7 Å². The summed E-state index contributed by atoms with van der Waals surface area (Å²) in [4.78, 5) is 16.0. The van der Waals surface area contributed by atoms with Crippen LogP contribution in [0.25, 0.3) is 0 Å². The SMILES string of the molecule is C#CCONC(=O)C(C)=C1CNC1. The zero-order valence-corrected chi connectivity index (χ0v) is 7.52. The Balaban J connectivity index is 2.35. The summed E-state index contributed by atoms with van der Waals surface area (Å²) in [7, 11) is 0. The molecule has 1 saturated heterocycles. The molecule has 13 heavy (non-hydrogen) atoms. The van der Waals surface area contributed by atoms with E-state index < -0.39 is 0 Å². The van der Waals surface area contributed by atoms with Crippen LogP contribution in [-0.4, -0.2) is 25.6 Å². The molecule has 1 amide bonds. The van der Waals surface area contributed by atoms with Crippen molar-refractivity contribution in [2.45, 2.75) is 6.92 Å². The number of carbonyl (C=O) groups is 1. The average molecular weight is 180 g/mol. The Bertz CT molecular complexity index is 270. The largest absolute Gasteiger partial charge is 0.309 e. The van der Waals surface area contributed by atoms with Crippen LogP contribution in [0.3, 0.4) is 0 Å². The van der Waals surface area contributed by atoms with E-state index in [1.54, 1.807) is 6.92 Å². The van der Waals surface area contributed by atoms with Crippen LogP contribution in [0.15, 0.2) is 11.1 Å². The molecule has 1 aliphatic heterocycles. The Morgan fingerprint density at radius 3 is 2.92 bits per heavy atom. The molecule has 4 nitrogen and oxygen atoms in total. The second-order valence-corrected chi connectivity index (χ2v) is 2.76. The van der Waals surface area contributed by atoms with Crippen LogP contribution in [-0.2, 0) is 9.63 Å². The lowest BCUT2D eigenvalue weighted by atomic mass is 10.0. The second kappa shape index (κ2) is 4.65. The van der Waals surface area contributed by atoms with Gasteiger partial charge in [-0.15, -0.1) is 6.42 Å². The van der Waals surface area contributed by atoms with E-state index >= 15 is 0 Å². The molecule has 2 N–H and O–H groups in total. The van der Waals surface area contributed by atoms with E-state index in [1.807, 2.05) is 0 Å². The predicted molar refractivity (Wildman–Crippen MR) is 48.5 cm³/mol. The van der Waals surface area contributed by atoms with Crippen LogP contribution in [0.5, 0.6) is 0 Å². The monoisotopic (exact) mass is 180 g/mol. The van der Waals surface area contributed by atoms with E-state index in [4.69, 9.17) is 11.3 Å². The maximum absolute atomic E-state index is 11.3. The van der Waals surface area contributed by atoms with Gasteiger partial charge in [0.1, 0.15) is 6.61 Å². The van der Waals surface area contributed by atoms with Crippen LogP contribution < -0.4 is 10.8 Å².